The monoisotopic (exact) mass is 246 g/mol. The van der Waals surface area contributed by atoms with E-state index in [0.717, 1.165) is 12.5 Å². The zero-order chi connectivity index (χ0) is 12.4. The maximum absolute atomic E-state index is 10.3. The number of aliphatic imine (C=N–C) groups is 1. The number of hydrogen-bond donors (Lipinski definition) is 1. The van der Waals surface area contributed by atoms with Crippen LogP contribution in [0.25, 0.3) is 0 Å². The highest BCUT2D eigenvalue weighted by Crippen LogP contribution is 2.22. The van der Waals surface area contributed by atoms with Crippen LogP contribution in [0.4, 0.5) is 0 Å². The highest BCUT2D eigenvalue weighted by atomic mass is 28.4. The van der Waals surface area contributed by atoms with Crippen LogP contribution in [0, 0.1) is 0 Å². The van der Waals surface area contributed by atoms with E-state index in [2.05, 4.69) is 4.99 Å². The van der Waals surface area contributed by atoms with Crippen LogP contribution in [0.5, 0.6) is 0 Å². The number of rotatable bonds is 9. The fourth-order valence-electron chi connectivity index (χ4n) is 1.65. The van der Waals surface area contributed by atoms with Crippen molar-refractivity contribution in [2.75, 3.05) is 19.8 Å². The van der Waals surface area contributed by atoms with Crippen LogP contribution in [-0.2, 0) is 13.6 Å². The second-order valence-electron chi connectivity index (χ2n) is 3.47. The molecule has 1 atom stereocenters. The Morgan fingerprint density at radius 2 is 1.94 bits per heavy atom. The molecule has 0 aromatic rings. The van der Waals surface area contributed by atoms with E-state index in [0.29, 0.717) is 19.8 Å². The number of carbonyl (C=O) groups excluding carboxylic acids is 1. The van der Waals surface area contributed by atoms with Gasteiger partial charge in [0.1, 0.15) is 5.67 Å². The minimum absolute atomic E-state index is 0.239. The van der Waals surface area contributed by atoms with Gasteiger partial charge in [-0.1, -0.05) is 0 Å². The van der Waals surface area contributed by atoms with Gasteiger partial charge in [0.25, 0.3) is 0 Å². The van der Waals surface area contributed by atoms with Gasteiger partial charge in [0.05, 0.1) is 0 Å². The average molecular weight is 246 g/mol. The Bertz CT molecular complexity index is 226. The lowest BCUT2D eigenvalue weighted by Gasteiger charge is -2.32. The Labute approximate surface area is 98.3 Å². The molecule has 0 aromatic carbocycles. The van der Waals surface area contributed by atoms with E-state index >= 15 is 0 Å². The van der Waals surface area contributed by atoms with Gasteiger partial charge in [0.15, 0.2) is 0 Å². The van der Waals surface area contributed by atoms with Crippen molar-refractivity contribution >= 4 is 14.6 Å². The first-order valence-electron chi connectivity index (χ1n) is 5.71. The maximum Gasteiger partial charge on any atom is 0.364 e. The summed E-state index contributed by atoms with van der Waals surface area (Å²) in [6.45, 7) is 7.40. The van der Waals surface area contributed by atoms with Crippen molar-refractivity contribution in [2.45, 2.75) is 38.9 Å². The summed E-state index contributed by atoms with van der Waals surface area (Å²) >= 11 is 0. The van der Waals surface area contributed by atoms with Gasteiger partial charge in [-0.15, -0.1) is 0 Å². The molecule has 0 aliphatic rings. The molecule has 94 valence electrons. The van der Waals surface area contributed by atoms with Gasteiger partial charge in [-0.3, -0.25) is 0 Å². The van der Waals surface area contributed by atoms with Crippen LogP contribution in [0.15, 0.2) is 4.99 Å². The predicted octanol–water partition coefficient (Wildman–Crippen LogP) is 1.11. The zero-order valence-corrected chi connectivity index (χ0v) is 11.4. The minimum atomic E-state index is -2.45. The first-order valence-corrected chi connectivity index (χ1v) is 7.81. The molecule has 0 bridgehead atoms. The van der Waals surface area contributed by atoms with E-state index in [-0.39, 0.29) is 5.67 Å². The predicted molar refractivity (Wildman–Crippen MR) is 65.1 cm³/mol. The summed E-state index contributed by atoms with van der Waals surface area (Å²) in [6.07, 6.45) is 2.41. The van der Waals surface area contributed by atoms with Gasteiger partial charge in [-0.05, 0) is 39.8 Å². The smallest absolute Gasteiger partial charge is 0.364 e. The molecule has 0 aromatic heterocycles. The Morgan fingerprint density at radius 3 is 2.31 bits per heavy atom. The van der Waals surface area contributed by atoms with E-state index in [9.17, 15) is 4.79 Å². The molecule has 0 saturated heterocycles. The summed E-state index contributed by atoms with van der Waals surface area (Å²) in [4.78, 5) is 14.1. The second-order valence-corrected chi connectivity index (χ2v) is 7.00. The van der Waals surface area contributed by atoms with Crippen molar-refractivity contribution in [1.29, 1.82) is 0 Å². The van der Waals surface area contributed by atoms with E-state index in [4.69, 9.17) is 14.6 Å². The molecule has 5 nitrogen and oxygen atoms in total. The lowest BCUT2D eigenvalue weighted by Crippen LogP contribution is -2.51. The molecule has 0 heterocycles. The van der Waals surface area contributed by atoms with Gasteiger partial charge in [0, 0.05) is 13.2 Å². The van der Waals surface area contributed by atoms with E-state index in [1.165, 1.54) is 0 Å². The Morgan fingerprint density at radius 1 is 1.38 bits per heavy atom. The fourth-order valence-corrected chi connectivity index (χ4v) is 4.85. The number of nitrogens with two attached hydrogens (primary N) is 1. The van der Waals surface area contributed by atoms with Crippen LogP contribution in [0.2, 0.25) is 6.04 Å². The zero-order valence-electron chi connectivity index (χ0n) is 10.4. The summed E-state index contributed by atoms with van der Waals surface area (Å²) < 4.78 is 11.5. The molecular formula is C10H22N2O3Si. The van der Waals surface area contributed by atoms with Gasteiger partial charge < -0.3 is 14.6 Å². The third kappa shape index (κ3) is 4.55. The van der Waals surface area contributed by atoms with Crippen LogP contribution < -0.4 is 5.73 Å². The van der Waals surface area contributed by atoms with Crippen molar-refractivity contribution in [3.8, 4) is 0 Å². The molecule has 0 fully saturated rings. The molecule has 6 heteroatoms. The third-order valence-electron chi connectivity index (χ3n) is 2.39. The number of isocyanates is 1. The molecule has 0 aliphatic carbocycles. The summed E-state index contributed by atoms with van der Waals surface area (Å²) in [7, 11) is -2.45. The molecule has 0 aliphatic heterocycles. The van der Waals surface area contributed by atoms with Gasteiger partial charge in [0.2, 0.25) is 6.08 Å². The van der Waals surface area contributed by atoms with Crippen LogP contribution in [0.1, 0.15) is 27.2 Å². The maximum atomic E-state index is 10.3. The molecule has 0 radical (unpaired) electrons. The number of hydrogen-bond acceptors (Lipinski definition) is 5. The van der Waals surface area contributed by atoms with Gasteiger partial charge >= 0.3 is 8.56 Å². The van der Waals surface area contributed by atoms with E-state index < -0.39 is 8.56 Å². The molecule has 16 heavy (non-hydrogen) atoms. The Hall–Kier alpha value is -0.523. The van der Waals surface area contributed by atoms with Gasteiger partial charge in [-0.2, -0.15) is 0 Å². The van der Waals surface area contributed by atoms with Crippen molar-refractivity contribution in [2.24, 2.45) is 10.7 Å². The van der Waals surface area contributed by atoms with Crippen molar-refractivity contribution in [1.82, 2.24) is 0 Å². The third-order valence-corrected chi connectivity index (χ3v) is 6.40. The first-order chi connectivity index (χ1) is 7.66. The quantitative estimate of drug-likeness (QED) is 0.376. The highest BCUT2D eigenvalue weighted by Gasteiger charge is 2.43. The van der Waals surface area contributed by atoms with Gasteiger partial charge in [-0.25, -0.2) is 9.79 Å². The second kappa shape index (κ2) is 8.61. The summed E-state index contributed by atoms with van der Waals surface area (Å²) in [5, 5.41) is 0. The van der Waals surface area contributed by atoms with Crippen LogP contribution in [0.3, 0.4) is 0 Å². The summed E-state index contributed by atoms with van der Waals surface area (Å²) in [5.74, 6) is 0. The lowest BCUT2D eigenvalue weighted by atomic mass is 10.5. The largest absolute Gasteiger partial charge is 0.393 e. The lowest BCUT2D eigenvalue weighted by molar-refractivity contribution is 0.174. The highest BCUT2D eigenvalue weighted by molar-refractivity contribution is 6.69. The number of nitrogens with zero attached hydrogens (tertiary/aromatic N) is 1. The summed E-state index contributed by atoms with van der Waals surface area (Å²) in [6, 6.07) is 0.761. The summed E-state index contributed by atoms with van der Waals surface area (Å²) in [5.41, 5.74) is 5.27. The van der Waals surface area contributed by atoms with Crippen molar-refractivity contribution < 1.29 is 13.6 Å². The molecular weight excluding hydrogens is 224 g/mol. The Balaban J connectivity index is 4.81. The molecule has 0 saturated carbocycles. The molecule has 0 spiro atoms. The van der Waals surface area contributed by atoms with Crippen molar-refractivity contribution in [3.05, 3.63) is 0 Å². The Kier molecular flexibility index (Phi) is 8.33. The van der Waals surface area contributed by atoms with Crippen LogP contribution in [-0.4, -0.2) is 40.1 Å². The first kappa shape index (κ1) is 15.5. The standard InChI is InChI=1S/C10H22N2O3Si/c1-4-14-16(15-5-2,8-6-7-11)10(3)12-9-13/h10H,4-8,11H2,1-3H3. The SMILES string of the molecule is CCO[Si](CCCN)(OCC)C(C)N=C=O. The average Bonchev–Trinajstić information content (AvgIpc) is 2.27. The minimum Gasteiger partial charge on any atom is -0.393 e. The van der Waals surface area contributed by atoms with Crippen LogP contribution >= 0.6 is 0 Å². The van der Waals surface area contributed by atoms with Crippen molar-refractivity contribution in [3.63, 3.8) is 0 Å². The van der Waals surface area contributed by atoms with E-state index in [1.54, 1.807) is 6.08 Å². The molecule has 1 unspecified atom stereocenters. The normalized spacial score (nSPS) is 13.2. The molecule has 2 N–H and O–H groups in total. The fraction of sp³-hybridized carbons (Fsp3) is 0.900. The molecule has 0 rings (SSSR count). The van der Waals surface area contributed by atoms with E-state index in [1.807, 2.05) is 20.8 Å². The topological polar surface area (TPSA) is 73.9 Å². The molecule has 0 amide bonds.